The zero-order valence-corrected chi connectivity index (χ0v) is 15.1. The first-order chi connectivity index (χ1) is 10.9. The molecule has 0 saturated heterocycles. The van der Waals surface area contributed by atoms with Crippen LogP contribution in [0, 0.1) is 6.92 Å². The summed E-state index contributed by atoms with van der Waals surface area (Å²) in [4.78, 5) is 4.47. The van der Waals surface area contributed by atoms with Gasteiger partial charge in [-0.05, 0) is 25.0 Å². The van der Waals surface area contributed by atoms with Crippen molar-refractivity contribution < 1.29 is 12.8 Å². The van der Waals surface area contributed by atoms with Crippen LogP contribution in [0.15, 0.2) is 39.8 Å². The fourth-order valence-electron chi connectivity index (χ4n) is 3.04. The van der Waals surface area contributed by atoms with Crippen molar-refractivity contribution in [2.24, 2.45) is 5.73 Å². The van der Waals surface area contributed by atoms with E-state index in [-0.39, 0.29) is 17.3 Å². The molecule has 24 heavy (non-hydrogen) atoms. The first-order valence-corrected chi connectivity index (χ1v) is 9.19. The van der Waals surface area contributed by atoms with Crippen molar-refractivity contribution in [3.8, 4) is 11.3 Å². The molecule has 0 unspecified atom stereocenters. The molecule has 3 N–H and O–H groups in total. The van der Waals surface area contributed by atoms with Gasteiger partial charge in [0, 0.05) is 24.6 Å². The van der Waals surface area contributed by atoms with Gasteiger partial charge < -0.3 is 10.2 Å². The Kier molecular flexibility index (Phi) is 5.70. The topological polar surface area (TPSA) is 98.2 Å². The molecule has 0 bridgehead atoms. The van der Waals surface area contributed by atoms with Gasteiger partial charge in [-0.3, -0.25) is 0 Å². The molecule has 0 amide bonds. The quantitative estimate of drug-likeness (QED) is 0.841. The van der Waals surface area contributed by atoms with Gasteiger partial charge in [0.25, 0.3) is 0 Å². The van der Waals surface area contributed by atoms with E-state index in [2.05, 4.69) is 9.71 Å². The average molecular weight is 372 g/mol. The lowest BCUT2D eigenvalue weighted by Crippen LogP contribution is -2.51. The zero-order valence-electron chi connectivity index (χ0n) is 13.5. The molecule has 8 heteroatoms. The third kappa shape index (κ3) is 3.80. The fraction of sp³-hybridized carbons (Fsp3) is 0.438. The maximum atomic E-state index is 12.6. The number of aromatic nitrogens is 1. The highest BCUT2D eigenvalue weighted by atomic mass is 35.5. The van der Waals surface area contributed by atoms with Crippen LogP contribution in [0.2, 0.25) is 0 Å². The minimum Gasteiger partial charge on any atom is -0.449 e. The van der Waals surface area contributed by atoms with Gasteiger partial charge in [0.2, 0.25) is 10.0 Å². The van der Waals surface area contributed by atoms with Gasteiger partial charge in [-0.25, -0.2) is 18.1 Å². The monoisotopic (exact) mass is 371 g/mol. The Morgan fingerprint density at radius 1 is 1.25 bits per heavy atom. The standard InChI is InChI=1S/C16H21N3O3S.ClH/c1-12-18-15(10-22-12)13-4-6-14(7-5-13)23(20,21)19-16(11-17)8-2-3-9-16;/h4-7,10,19H,2-3,8-9,11,17H2,1H3;1H. The van der Waals surface area contributed by atoms with Crippen LogP contribution in [0.5, 0.6) is 0 Å². The summed E-state index contributed by atoms with van der Waals surface area (Å²) in [5, 5.41) is 0. The van der Waals surface area contributed by atoms with Crippen LogP contribution < -0.4 is 10.5 Å². The molecule has 0 aliphatic heterocycles. The Morgan fingerprint density at radius 3 is 2.38 bits per heavy atom. The molecule has 1 fully saturated rings. The number of rotatable bonds is 5. The Hall–Kier alpha value is -1.41. The van der Waals surface area contributed by atoms with Crippen molar-refractivity contribution in [1.29, 1.82) is 0 Å². The molecular weight excluding hydrogens is 350 g/mol. The second-order valence-corrected chi connectivity index (χ2v) is 7.76. The third-order valence-corrected chi connectivity index (χ3v) is 5.98. The molecule has 1 saturated carbocycles. The molecular formula is C16H22ClN3O3S. The smallest absolute Gasteiger partial charge is 0.241 e. The second kappa shape index (κ2) is 7.23. The van der Waals surface area contributed by atoms with Gasteiger partial charge in [0.1, 0.15) is 12.0 Å². The predicted octanol–water partition coefficient (Wildman–Crippen LogP) is 2.62. The summed E-state index contributed by atoms with van der Waals surface area (Å²) in [7, 11) is -3.58. The van der Waals surface area contributed by atoms with E-state index in [0.29, 0.717) is 18.1 Å². The summed E-state index contributed by atoms with van der Waals surface area (Å²) in [5.41, 5.74) is 6.82. The van der Waals surface area contributed by atoms with E-state index in [1.165, 1.54) is 0 Å². The zero-order chi connectivity index (χ0) is 16.5. The summed E-state index contributed by atoms with van der Waals surface area (Å²) in [6.45, 7) is 2.09. The number of sulfonamides is 1. The number of benzene rings is 1. The van der Waals surface area contributed by atoms with E-state index in [9.17, 15) is 8.42 Å². The molecule has 0 radical (unpaired) electrons. The summed E-state index contributed by atoms with van der Waals surface area (Å²) < 4.78 is 33.2. The van der Waals surface area contributed by atoms with Gasteiger partial charge in [-0.2, -0.15) is 0 Å². The maximum Gasteiger partial charge on any atom is 0.241 e. The number of aryl methyl sites for hydroxylation is 1. The molecule has 3 rings (SSSR count). The SMILES string of the molecule is Cc1nc(-c2ccc(S(=O)(=O)NC3(CN)CCCC3)cc2)co1.Cl. The van der Waals surface area contributed by atoms with Gasteiger partial charge in [0.15, 0.2) is 5.89 Å². The Morgan fingerprint density at radius 2 is 1.88 bits per heavy atom. The maximum absolute atomic E-state index is 12.6. The van der Waals surface area contributed by atoms with Crippen molar-refractivity contribution in [2.45, 2.75) is 43.0 Å². The highest BCUT2D eigenvalue weighted by Gasteiger charge is 2.36. The fourth-order valence-corrected chi connectivity index (χ4v) is 4.51. The van der Waals surface area contributed by atoms with Crippen LogP contribution in [0.3, 0.4) is 0 Å². The highest BCUT2D eigenvalue weighted by molar-refractivity contribution is 7.89. The molecule has 0 spiro atoms. The summed E-state index contributed by atoms with van der Waals surface area (Å²) in [6, 6.07) is 6.63. The van der Waals surface area contributed by atoms with Crippen molar-refractivity contribution in [2.75, 3.05) is 6.54 Å². The predicted molar refractivity (Wildman–Crippen MR) is 94.5 cm³/mol. The van der Waals surface area contributed by atoms with Crippen LogP contribution in [-0.2, 0) is 10.0 Å². The highest BCUT2D eigenvalue weighted by Crippen LogP contribution is 2.30. The Balaban J connectivity index is 0.00000208. The normalized spacial score (nSPS) is 16.8. The minimum absolute atomic E-state index is 0. The second-order valence-electron chi connectivity index (χ2n) is 6.07. The molecule has 1 heterocycles. The van der Waals surface area contributed by atoms with E-state index in [4.69, 9.17) is 10.2 Å². The third-order valence-electron chi connectivity index (χ3n) is 4.38. The number of nitrogens with zero attached hydrogens (tertiary/aromatic N) is 1. The first-order valence-electron chi connectivity index (χ1n) is 7.71. The van der Waals surface area contributed by atoms with Crippen LogP contribution >= 0.6 is 12.4 Å². The number of oxazole rings is 1. The lowest BCUT2D eigenvalue weighted by molar-refractivity contribution is 0.399. The van der Waals surface area contributed by atoms with Crippen LogP contribution in [0.4, 0.5) is 0 Å². The molecule has 1 aliphatic carbocycles. The van der Waals surface area contributed by atoms with Gasteiger partial charge in [-0.15, -0.1) is 12.4 Å². The van der Waals surface area contributed by atoms with Gasteiger partial charge in [0.05, 0.1) is 4.90 Å². The van der Waals surface area contributed by atoms with Crippen molar-refractivity contribution in [3.05, 3.63) is 36.4 Å². The molecule has 6 nitrogen and oxygen atoms in total. The van der Waals surface area contributed by atoms with Crippen LogP contribution in [0.1, 0.15) is 31.6 Å². The molecule has 132 valence electrons. The van der Waals surface area contributed by atoms with Gasteiger partial charge in [-0.1, -0.05) is 25.0 Å². The number of hydrogen-bond acceptors (Lipinski definition) is 5. The molecule has 1 aromatic heterocycles. The number of nitrogens with two attached hydrogens (primary N) is 1. The van der Waals surface area contributed by atoms with E-state index in [0.717, 1.165) is 31.2 Å². The molecule has 2 aromatic rings. The average Bonchev–Trinajstić information content (AvgIpc) is 3.17. The van der Waals surface area contributed by atoms with E-state index < -0.39 is 15.6 Å². The number of halogens is 1. The van der Waals surface area contributed by atoms with Crippen molar-refractivity contribution in [1.82, 2.24) is 9.71 Å². The van der Waals surface area contributed by atoms with Crippen molar-refractivity contribution in [3.63, 3.8) is 0 Å². The summed E-state index contributed by atoms with van der Waals surface area (Å²) in [6.07, 6.45) is 5.14. The first kappa shape index (κ1) is 18.9. The minimum atomic E-state index is -3.58. The molecule has 1 aromatic carbocycles. The van der Waals surface area contributed by atoms with Gasteiger partial charge >= 0.3 is 0 Å². The lowest BCUT2D eigenvalue weighted by atomic mass is 10.0. The van der Waals surface area contributed by atoms with E-state index in [1.54, 1.807) is 37.5 Å². The van der Waals surface area contributed by atoms with E-state index >= 15 is 0 Å². The summed E-state index contributed by atoms with van der Waals surface area (Å²) >= 11 is 0. The molecule has 1 aliphatic rings. The van der Waals surface area contributed by atoms with Crippen LogP contribution in [-0.4, -0.2) is 25.5 Å². The van der Waals surface area contributed by atoms with Crippen LogP contribution in [0.25, 0.3) is 11.3 Å². The number of nitrogens with one attached hydrogen (secondary N) is 1. The summed E-state index contributed by atoms with van der Waals surface area (Å²) in [5.74, 6) is 0.574. The lowest BCUT2D eigenvalue weighted by Gasteiger charge is -2.28. The van der Waals surface area contributed by atoms with E-state index in [1.807, 2.05) is 0 Å². The molecule has 0 atom stereocenters. The Labute approximate surface area is 148 Å². The van der Waals surface area contributed by atoms with Crippen molar-refractivity contribution >= 4 is 22.4 Å². The Bertz CT molecular complexity index is 781. The number of hydrogen-bond donors (Lipinski definition) is 2. The largest absolute Gasteiger partial charge is 0.449 e.